The van der Waals surface area contributed by atoms with Crippen LogP contribution in [0.25, 0.3) is 0 Å². The van der Waals surface area contributed by atoms with Crippen LogP contribution in [0.2, 0.25) is 0 Å². The van der Waals surface area contributed by atoms with E-state index in [1.54, 1.807) is 6.20 Å². The summed E-state index contributed by atoms with van der Waals surface area (Å²) in [6.07, 6.45) is 4.90. The molecule has 3 rings (SSSR count). The van der Waals surface area contributed by atoms with E-state index in [9.17, 15) is 4.79 Å². The Hall–Kier alpha value is -2.40. The van der Waals surface area contributed by atoms with Crippen molar-refractivity contribution in [2.75, 3.05) is 13.6 Å². The van der Waals surface area contributed by atoms with E-state index in [0.29, 0.717) is 12.4 Å². The molecule has 1 unspecified atom stereocenters. The number of carbonyl (C=O) groups is 1. The van der Waals surface area contributed by atoms with Gasteiger partial charge in [-0.1, -0.05) is 30.7 Å². The molecule has 26 heavy (non-hydrogen) atoms. The summed E-state index contributed by atoms with van der Waals surface area (Å²) in [5.41, 5.74) is 3.01. The molecule has 1 aliphatic rings. The number of benzene rings is 1. The molecule has 1 atom stereocenters. The summed E-state index contributed by atoms with van der Waals surface area (Å²) < 4.78 is 6.10. The van der Waals surface area contributed by atoms with E-state index in [1.165, 1.54) is 0 Å². The van der Waals surface area contributed by atoms with E-state index >= 15 is 0 Å². The molecule has 138 valence electrons. The van der Waals surface area contributed by atoms with E-state index in [0.717, 1.165) is 48.2 Å². The molecule has 1 saturated heterocycles. The first kappa shape index (κ1) is 18.4. The average molecular weight is 353 g/mol. The van der Waals surface area contributed by atoms with Gasteiger partial charge in [0.1, 0.15) is 5.75 Å². The van der Waals surface area contributed by atoms with Crippen LogP contribution >= 0.6 is 0 Å². The number of pyridine rings is 1. The van der Waals surface area contributed by atoms with Crippen LogP contribution in [0.5, 0.6) is 11.6 Å². The van der Waals surface area contributed by atoms with Gasteiger partial charge in [0.25, 0.3) is 0 Å². The molecule has 1 fully saturated rings. The Bertz CT molecular complexity index is 755. The van der Waals surface area contributed by atoms with E-state index in [1.807, 2.05) is 51.2 Å². The molecule has 1 aliphatic heterocycles. The lowest BCUT2D eigenvalue weighted by molar-refractivity contribution is -0.127. The smallest absolute Gasteiger partial charge is 0.237 e. The zero-order chi connectivity index (χ0) is 18.5. The largest absolute Gasteiger partial charge is 0.438 e. The molecule has 0 saturated carbocycles. The van der Waals surface area contributed by atoms with E-state index in [4.69, 9.17) is 4.74 Å². The highest BCUT2D eigenvalue weighted by atomic mass is 16.5. The molecule has 0 aliphatic carbocycles. The van der Waals surface area contributed by atoms with Gasteiger partial charge in [-0.2, -0.15) is 0 Å². The van der Waals surface area contributed by atoms with E-state index < -0.39 is 0 Å². The Kier molecular flexibility index (Phi) is 5.89. The standard InChI is InChI=1S/C21H27N3O2/c1-15-8-6-9-16(2)19(15)26-21-17(10-7-12-22-21)14-23-20(25)18-11-4-5-13-24(18)3/h6-10,12,18H,4-5,11,13-14H2,1-3H3,(H,23,25). The number of likely N-dealkylation sites (tertiary alicyclic amines) is 1. The van der Waals surface area contributed by atoms with Crippen molar-refractivity contribution in [1.29, 1.82) is 0 Å². The SMILES string of the molecule is Cc1cccc(C)c1Oc1ncccc1CNC(=O)C1CCCCN1C. The fourth-order valence-corrected chi connectivity index (χ4v) is 3.41. The van der Waals surface area contributed by atoms with Gasteiger partial charge in [-0.3, -0.25) is 9.69 Å². The topological polar surface area (TPSA) is 54.5 Å². The highest BCUT2D eigenvalue weighted by Crippen LogP contribution is 2.29. The number of amides is 1. The molecule has 0 bridgehead atoms. The summed E-state index contributed by atoms with van der Waals surface area (Å²) in [5, 5.41) is 3.05. The summed E-state index contributed by atoms with van der Waals surface area (Å²) in [5.74, 6) is 1.45. The van der Waals surface area contributed by atoms with Crippen LogP contribution in [0, 0.1) is 13.8 Å². The van der Waals surface area contributed by atoms with Gasteiger partial charge in [0, 0.05) is 18.3 Å². The Balaban J connectivity index is 1.70. The molecular weight excluding hydrogens is 326 g/mol. The number of ether oxygens (including phenoxy) is 1. The summed E-state index contributed by atoms with van der Waals surface area (Å²) in [6.45, 7) is 5.43. The number of aromatic nitrogens is 1. The molecule has 2 aromatic rings. The minimum Gasteiger partial charge on any atom is -0.438 e. The number of carbonyl (C=O) groups excluding carboxylic acids is 1. The molecule has 5 heteroatoms. The highest BCUT2D eigenvalue weighted by molar-refractivity contribution is 5.81. The van der Waals surface area contributed by atoms with Gasteiger partial charge in [-0.05, 0) is 57.5 Å². The van der Waals surface area contributed by atoms with Gasteiger partial charge in [-0.15, -0.1) is 0 Å². The van der Waals surface area contributed by atoms with Crippen LogP contribution in [0.15, 0.2) is 36.5 Å². The summed E-state index contributed by atoms with van der Waals surface area (Å²) in [7, 11) is 2.02. The Morgan fingerprint density at radius 2 is 2.00 bits per heavy atom. The number of nitrogens with one attached hydrogen (secondary N) is 1. The fourth-order valence-electron chi connectivity index (χ4n) is 3.41. The maximum atomic E-state index is 12.5. The van der Waals surface area contributed by atoms with E-state index in [2.05, 4.69) is 15.2 Å². The van der Waals surface area contributed by atoms with Crippen LogP contribution in [0.1, 0.15) is 36.0 Å². The van der Waals surface area contributed by atoms with Crippen LogP contribution in [-0.2, 0) is 11.3 Å². The normalized spacial score (nSPS) is 17.7. The van der Waals surface area contributed by atoms with Crippen LogP contribution in [0.4, 0.5) is 0 Å². The summed E-state index contributed by atoms with van der Waals surface area (Å²) in [6, 6.07) is 9.82. The van der Waals surface area contributed by atoms with Crippen molar-refractivity contribution in [3.63, 3.8) is 0 Å². The number of piperidine rings is 1. The van der Waals surface area contributed by atoms with Crippen LogP contribution in [0.3, 0.4) is 0 Å². The molecule has 0 spiro atoms. The van der Waals surface area contributed by atoms with Gasteiger partial charge in [-0.25, -0.2) is 4.98 Å². The number of aryl methyl sites for hydroxylation is 2. The molecule has 0 radical (unpaired) electrons. The van der Waals surface area contributed by atoms with Gasteiger partial charge in [0.2, 0.25) is 11.8 Å². The minimum atomic E-state index is -0.0385. The number of nitrogens with zero attached hydrogens (tertiary/aromatic N) is 2. The molecule has 1 N–H and O–H groups in total. The zero-order valence-corrected chi connectivity index (χ0v) is 15.8. The Morgan fingerprint density at radius 3 is 2.73 bits per heavy atom. The number of hydrogen-bond donors (Lipinski definition) is 1. The lowest BCUT2D eigenvalue weighted by Gasteiger charge is -2.31. The first-order valence-corrected chi connectivity index (χ1v) is 9.22. The van der Waals surface area contributed by atoms with Crippen molar-refractivity contribution in [2.45, 2.75) is 45.7 Å². The van der Waals surface area contributed by atoms with Crippen LogP contribution < -0.4 is 10.1 Å². The van der Waals surface area contributed by atoms with Crippen molar-refractivity contribution in [2.24, 2.45) is 0 Å². The lowest BCUT2D eigenvalue weighted by atomic mass is 10.0. The highest BCUT2D eigenvalue weighted by Gasteiger charge is 2.25. The average Bonchev–Trinajstić information content (AvgIpc) is 2.64. The second-order valence-corrected chi connectivity index (χ2v) is 7.00. The van der Waals surface area contributed by atoms with Crippen molar-refractivity contribution >= 4 is 5.91 Å². The van der Waals surface area contributed by atoms with Gasteiger partial charge in [0.05, 0.1) is 6.04 Å². The Labute approximate surface area is 155 Å². The van der Waals surface area contributed by atoms with Crippen molar-refractivity contribution in [3.8, 4) is 11.6 Å². The second kappa shape index (κ2) is 8.32. The summed E-state index contributed by atoms with van der Waals surface area (Å²) >= 11 is 0. The third-order valence-electron chi connectivity index (χ3n) is 4.98. The van der Waals surface area contributed by atoms with Gasteiger partial charge in [0.15, 0.2) is 0 Å². The van der Waals surface area contributed by atoms with Crippen LogP contribution in [-0.4, -0.2) is 35.4 Å². The second-order valence-electron chi connectivity index (χ2n) is 7.00. The quantitative estimate of drug-likeness (QED) is 0.892. The van der Waals surface area contributed by atoms with Crippen molar-refractivity contribution in [1.82, 2.24) is 15.2 Å². The Morgan fingerprint density at radius 1 is 1.23 bits per heavy atom. The maximum Gasteiger partial charge on any atom is 0.237 e. The van der Waals surface area contributed by atoms with Gasteiger partial charge >= 0.3 is 0 Å². The third-order valence-corrected chi connectivity index (χ3v) is 4.98. The monoisotopic (exact) mass is 353 g/mol. The molecule has 1 aromatic heterocycles. The first-order valence-electron chi connectivity index (χ1n) is 9.22. The molecular formula is C21H27N3O2. The molecule has 2 heterocycles. The predicted molar refractivity (Wildman–Crippen MR) is 102 cm³/mol. The zero-order valence-electron chi connectivity index (χ0n) is 15.8. The number of para-hydroxylation sites is 1. The molecule has 1 aromatic carbocycles. The maximum absolute atomic E-state index is 12.5. The minimum absolute atomic E-state index is 0.0385. The fraction of sp³-hybridized carbons (Fsp3) is 0.429. The first-order chi connectivity index (χ1) is 12.6. The third kappa shape index (κ3) is 4.22. The van der Waals surface area contributed by atoms with Crippen molar-refractivity contribution < 1.29 is 9.53 Å². The molecule has 5 nitrogen and oxygen atoms in total. The number of likely N-dealkylation sites (N-methyl/N-ethyl adjacent to an activating group) is 1. The predicted octanol–water partition coefficient (Wildman–Crippen LogP) is 3.59. The number of hydrogen-bond acceptors (Lipinski definition) is 4. The van der Waals surface area contributed by atoms with E-state index in [-0.39, 0.29) is 11.9 Å². The lowest BCUT2D eigenvalue weighted by Crippen LogP contribution is -2.47. The van der Waals surface area contributed by atoms with Crippen molar-refractivity contribution in [3.05, 3.63) is 53.2 Å². The van der Waals surface area contributed by atoms with Gasteiger partial charge < -0.3 is 10.1 Å². The molecule has 1 amide bonds. The number of rotatable bonds is 5. The summed E-state index contributed by atoms with van der Waals surface area (Å²) in [4.78, 5) is 19.1.